The van der Waals surface area contributed by atoms with Crippen molar-refractivity contribution in [1.82, 2.24) is 14.0 Å². The molecule has 1 aromatic heterocycles. The molecule has 0 N–H and O–H groups in total. The van der Waals surface area contributed by atoms with Gasteiger partial charge in [0.2, 0.25) is 0 Å². The lowest BCUT2D eigenvalue weighted by atomic mass is 10.1. The van der Waals surface area contributed by atoms with Gasteiger partial charge in [-0.05, 0) is 25.3 Å². The molecule has 3 rings (SSSR count). The summed E-state index contributed by atoms with van der Waals surface area (Å²) in [4.78, 5) is 26.8. The molecule has 0 aromatic carbocycles. The molecule has 2 heterocycles. The van der Waals surface area contributed by atoms with Crippen LogP contribution in [-0.4, -0.2) is 20.6 Å². The lowest BCUT2D eigenvalue weighted by Gasteiger charge is -2.16. The fourth-order valence-electron chi connectivity index (χ4n) is 3.16. The van der Waals surface area contributed by atoms with Crippen LogP contribution in [0.3, 0.4) is 0 Å². The van der Waals surface area contributed by atoms with Crippen molar-refractivity contribution < 1.29 is 0 Å². The summed E-state index contributed by atoms with van der Waals surface area (Å²) >= 11 is 0. The Morgan fingerprint density at radius 3 is 2.67 bits per heavy atom. The van der Waals surface area contributed by atoms with Crippen molar-refractivity contribution in [2.24, 2.45) is 7.05 Å². The number of hydrogen-bond acceptors (Lipinski definition) is 3. The van der Waals surface area contributed by atoms with Crippen molar-refractivity contribution in [1.29, 1.82) is 0 Å². The molecule has 1 aliphatic heterocycles. The van der Waals surface area contributed by atoms with Crippen LogP contribution < -0.4 is 11.2 Å². The maximum atomic E-state index is 12.4. The SMILES string of the molecule is CCn1c(=O)c2c(n(C)c1=O)CN(CC1=CCCC=C1)C2. The van der Waals surface area contributed by atoms with E-state index in [9.17, 15) is 9.59 Å². The second-order valence-electron chi connectivity index (χ2n) is 5.72. The lowest BCUT2D eigenvalue weighted by Crippen LogP contribution is -2.41. The highest BCUT2D eigenvalue weighted by atomic mass is 16.2. The molecule has 0 bridgehead atoms. The number of fused-ring (bicyclic) bond motifs is 1. The molecule has 1 aliphatic carbocycles. The summed E-state index contributed by atoms with van der Waals surface area (Å²) < 4.78 is 2.95. The Morgan fingerprint density at radius 2 is 2.00 bits per heavy atom. The predicted molar refractivity (Wildman–Crippen MR) is 82.2 cm³/mol. The Morgan fingerprint density at radius 1 is 1.19 bits per heavy atom. The zero-order chi connectivity index (χ0) is 15.0. The van der Waals surface area contributed by atoms with Crippen LogP contribution >= 0.6 is 0 Å². The highest BCUT2D eigenvalue weighted by Crippen LogP contribution is 2.20. The smallest absolute Gasteiger partial charge is 0.299 e. The summed E-state index contributed by atoms with van der Waals surface area (Å²) in [5.41, 5.74) is 2.62. The topological polar surface area (TPSA) is 47.2 Å². The predicted octanol–water partition coefficient (Wildman–Crippen LogP) is 1.16. The summed E-state index contributed by atoms with van der Waals surface area (Å²) in [6.45, 7) is 4.40. The zero-order valence-electron chi connectivity index (χ0n) is 12.6. The van der Waals surface area contributed by atoms with E-state index in [1.807, 2.05) is 6.92 Å². The molecule has 21 heavy (non-hydrogen) atoms. The van der Waals surface area contributed by atoms with E-state index in [1.165, 1.54) is 10.1 Å². The summed E-state index contributed by atoms with van der Waals surface area (Å²) in [6.07, 6.45) is 8.81. The van der Waals surface area contributed by atoms with Gasteiger partial charge in [0, 0.05) is 38.9 Å². The molecule has 5 heteroatoms. The van der Waals surface area contributed by atoms with Gasteiger partial charge >= 0.3 is 5.69 Å². The van der Waals surface area contributed by atoms with Gasteiger partial charge in [-0.2, -0.15) is 0 Å². The standard InChI is InChI=1S/C16H21N3O2/c1-3-19-15(20)13-10-18(9-12-7-5-4-6-8-12)11-14(13)17(2)16(19)21/h5,7-8H,3-4,6,9-11H2,1-2H3. The first-order chi connectivity index (χ1) is 10.1. The molecule has 0 spiro atoms. The molecule has 1 aromatic rings. The molecule has 5 nitrogen and oxygen atoms in total. The van der Waals surface area contributed by atoms with Crippen molar-refractivity contribution in [2.75, 3.05) is 6.54 Å². The number of hydrogen-bond donors (Lipinski definition) is 0. The van der Waals surface area contributed by atoms with Crippen LogP contribution in [0.1, 0.15) is 31.0 Å². The molecular weight excluding hydrogens is 266 g/mol. The minimum Gasteiger partial charge on any atom is -0.299 e. The van der Waals surface area contributed by atoms with Crippen LogP contribution in [0, 0.1) is 0 Å². The van der Waals surface area contributed by atoms with Crippen molar-refractivity contribution in [3.63, 3.8) is 0 Å². The second-order valence-corrected chi connectivity index (χ2v) is 5.72. The molecule has 0 radical (unpaired) electrons. The van der Waals surface area contributed by atoms with E-state index >= 15 is 0 Å². The third-order valence-corrected chi connectivity index (χ3v) is 4.32. The first-order valence-electron chi connectivity index (χ1n) is 7.51. The van der Waals surface area contributed by atoms with E-state index in [0.29, 0.717) is 19.6 Å². The normalized spacial score (nSPS) is 17.9. The summed E-state index contributed by atoms with van der Waals surface area (Å²) in [7, 11) is 1.76. The van der Waals surface area contributed by atoms with Crippen molar-refractivity contribution >= 4 is 0 Å². The molecule has 2 aliphatic rings. The minimum absolute atomic E-state index is 0.119. The third-order valence-electron chi connectivity index (χ3n) is 4.32. The van der Waals surface area contributed by atoms with Crippen LogP contribution in [0.15, 0.2) is 33.4 Å². The summed E-state index contributed by atoms with van der Waals surface area (Å²) in [5.74, 6) is 0. The monoisotopic (exact) mass is 287 g/mol. The van der Waals surface area contributed by atoms with Gasteiger partial charge in [-0.15, -0.1) is 0 Å². The first-order valence-corrected chi connectivity index (χ1v) is 7.51. The Balaban J connectivity index is 1.91. The largest absolute Gasteiger partial charge is 0.330 e. The van der Waals surface area contributed by atoms with Crippen LogP contribution in [0.25, 0.3) is 0 Å². The Bertz CT molecular complexity index is 737. The third kappa shape index (κ3) is 2.42. The molecule has 0 fully saturated rings. The highest BCUT2D eigenvalue weighted by molar-refractivity contribution is 5.27. The van der Waals surface area contributed by atoms with Gasteiger partial charge in [0.25, 0.3) is 5.56 Å². The number of aromatic nitrogens is 2. The number of rotatable bonds is 3. The summed E-state index contributed by atoms with van der Waals surface area (Å²) in [5, 5.41) is 0. The van der Waals surface area contributed by atoms with E-state index in [1.54, 1.807) is 11.6 Å². The highest BCUT2D eigenvalue weighted by Gasteiger charge is 2.26. The molecular formula is C16H21N3O2. The fourth-order valence-corrected chi connectivity index (χ4v) is 3.16. The fraction of sp³-hybridized carbons (Fsp3) is 0.500. The van der Waals surface area contributed by atoms with Crippen LogP contribution in [0.2, 0.25) is 0 Å². The molecule has 0 saturated heterocycles. The van der Waals surface area contributed by atoms with Gasteiger partial charge in [-0.3, -0.25) is 18.8 Å². The van der Waals surface area contributed by atoms with Crippen LogP contribution in [0.5, 0.6) is 0 Å². The molecule has 112 valence electrons. The van der Waals surface area contributed by atoms with Crippen LogP contribution in [-0.2, 0) is 26.7 Å². The molecule has 0 saturated carbocycles. The van der Waals surface area contributed by atoms with Crippen LogP contribution in [0.4, 0.5) is 0 Å². The first kappa shape index (κ1) is 14.1. The quantitative estimate of drug-likeness (QED) is 0.838. The van der Waals surface area contributed by atoms with Gasteiger partial charge in [-0.25, -0.2) is 4.79 Å². The van der Waals surface area contributed by atoms with Gasteiger partial charge in [-0.1, -0.05) is 18.2 Å². The van der Waals surface area contributed by atoms with Gasteiger partial charge in [0.15, 0.2) is 0 Å². The van der Waals surface area contributed by atoms with Gasteiger partial charge in [0.1, 0.15) is 0 Å². The molecule has 0 amide bonds. The molecule has 0 atom stereocenters. The Labute approximate surface area is 123 Å². The maximum absolute atomic E-state index is 12.4. The van der Waals surface area contributed by atoms with E-state index in [2.05, 4.69) is 23.1 Å². The minimum atomic E-state index is -0.208. The van der Waals surface area contributed by atoms with Crippen molar-refractivity contribution in [3.8, 4) is 0 Å². The van der Waals surface area contributed by atoms with Crippen molar-refractivity contribution in [2.45, 2.75) is 39.4 Å². The number of allylic oxidation sites excluding steroid dienone is 2. The Hall–Kier alpha value is -1.88. The van der Waals surface area contributed by atoms with Crippen molar-refractivity contribution in [3.05, 3.63) is 55.9 Å². The lowest BCUT2D eigenvalue weighted by molar-refractivity contribution is 0.307. The Kier molecular flexibility index (Phi) is 3.68. The van der Waals surface area contributed by atoms with Gasteiger partial charge in [0.05, 0.1) is 5.56 Å². The zero-order valence-corrected chi connectivity index (χ0v) is 12.6. The number of nitrogens with zero attached hydrogens (tertiary/aromatic N) is 3. The van der Waals surface area contributed by atoms with E-state index < -0.39 is 0 Å². The average Bonchev–Trinajstić information content (AvgIpc) is 2.91. The van der Waals surface area contributed by atoms with E-state index in [0.717, 1.165) is 30.6 Å². The van der Waals surface area contributed by atoms with Gasteiger partial charge < -0.3 is 0 Å². The second kappa shape index (κ2) is 5.48. The van der Waals surface area contributed by atoms with E-state index in [4.69, 9.17) is 0 Å². The average molecular weight is 287 g/mol. The summed E-state index contributed by atoms with van der Waals surface area (Å²) in [6, 6.07) is 0. The maximum Gasteiger partial charge on any atom is 0.330 e. The molecule has 0 unspecified atom stereocenters. The van der Waals surface area contributed by atoms with E-state index in [-0.39, 0.29) is 11.2 Å².